The number of amides is 1. The van der Waals surface area contributed by atoms with Gasteiger partial charge in [-0.2, -0.15) is 0 Å². The minimum absolute atomic E-state index is 0.0323. The van der Waals surface area contributed by atoms with E-state index in [0.717, 1.165) is 34.2 Å². The van der Waals surface area contributed by atoms with E-state index in [9.17, 15) is 9.59 Å². The van der Waals surface area contributed by atoms with E-state index < -0.39 is 5.97 Å². The molecule has 1 aliphatic heterocycles. The van der Waals surface area contributed by atoms with E-state index in [4.69, 9.17) is 9.72 Å². The standard InChI is InChI=1S/C21H21N3O4S/c1-27-16-7-8-17-18(13-16)29-21(22-17)24-11-9-23(10-12-24)19(25)14-3-5-15(6-4-14)20(26)28-2/h3-8,13H,9-12H2,1-2H3. The van der Waals surface area contributed by atoms with E-state index in [1.54, 1.807) is 42.7 Å². The lowest BCUT2D eigenvalue weighted by Crippen LogP contribution is -2.48. The third-order valence-corrected chi connectivity index (χ3v) is 6.05. The van der Waals surface area contributed by atoms with Crippen molar-refractivity contribution < 1.29 is 19.1 Å². The lowest BCUT2D eigenvalue weighted by atomic mass is 10.1. The van der Waals surface area contributed by atoms with Crippen LogP contribution >= 0.6 is 11.3 Å². The molecule has 0 saturated carbocycles. The predicted molar refractivity (Wildman–Crippen MR) is 112 cm³/mol. The van der Waals surface area contributed by atoms with Crippen molar-refractivity contribution in [3.05, 3.63) is 53.6 Å². The molecule has 1 aliphatic rings. The number of esters is 1. The van der Waals surface area contributed by atoms with Crippen molar-refractivity contribution in [1.82, 2.24) is 9.88 Å². The average molecular weight is 411 g/mol. The van der Waals surface area contributed by atoms with Crippen LogP contribution in [-0.2, 0) is 4.74 Å². The molecule has 2 aromatic carbocycles. The van der Waals surface area contributed by atoms with Gasteiger partial charge >= 0.3 is 5.97 Å². The Balaban J connectivity index is 1.41. The zero-order valence-electron chi connectivity index (χ0n) is 16.3. The zero-order valence-corrected chi connectivity index (χ0v) is 17.1. The topological polar surface area (TPSA) is 72.0 Å². The number of benzene rings is 2. The van der Waals surface area contributed by atoms with Gasteiger partial charge in [0.1, 0.15) is 5.75 Å². The van der Waals surface area contributed by atoms with Gasteiger partial charge in [-0.25, -0.2) is 9.78 Å². The largest absolute Gasteiger partial charge is 0.497 e. The minimum Gasteiger partial charge on any atom is -0.497 e. The number of fused-ring (bicyclic) bond motifs is 1. The van der Waals surface area contributed by atoms with Gasteiger partial charge in [-0.15, -0.1) is 0 Å². The summed E-state index contributed by atoms with van der Waals surface area (Å²) in [5.41, 5.74) is 1.95. The van der Waals surface area contributed by atoms with Crippen molar-refractivity contribution in [2.45, 2.75) is 0 Å². The number of ether oxygens (including phenoxy) is 2. The number of nitrogens with zero attached hydrogens (tertiary/aromatic N) is 3. The number of hydrogen-bond donors (Lipinski definition) is 0. The Kier molecular flexibility index (Phi) is 5.35. The molecular weight excluding hydrogens is 390 g/mol. The molecule has 0 spiro atoms. The lowest BCUT2D eigenvalue weighted by molar-refractivity contribution is 0.0599. The van der Waals surface area contributed by atoms with Crippen LogP contribution in [0.25, 0.3) is 10.2 Å². The second kappa shape index (κ2) is 8.08. The molecule has 0 radical (unpaired) electrons. The minimum atomic E-state index is -0.411. The van der Waals surface area contributed by atoms with Crippen molar-refractivity contribution in [3.8, 4) is 5.75 Å². The fourth-order valence-electron chi connectivity index (χ4n) is 3.31. The summed E-state index contributed by atoms with van der Waals surface area (Å²) in [6.07, 6.45) is 0. The van der Waals surface area contributed by atoms with Crippen LogP contribution < -0.4 is 9.64 Å². The highest BCUT2D eigenvalue weighted by Gasteiger charge is 2.24. The zero-order chi connectivity index (χ0) is 20.4. The number of carbonyl (C=O) groups excluding carboxylic acids is 2. The molecule has 0 N–H and O–H groups in total. The summed E-state index contributed by atoms with van der Waals surface area (Å²) >= 11 is 1.63. The molecular formula is C21H21N3O4S. The van der Waals surface area contributed by atoms with E-state index in [0.29, 0.717) is 24.2 Å². The van der Waals surface area contributed by atoms with Crippen molar-refractivity contribution in [2.24, 2.45) is 0 Å². The molecule has 1 fully saturated rings. The number of carbonyl (C=O) groups is 2. The quantitative estimate of drug-likeness (QED) is 0.615. The Bertz CT molecular complexity index is 1040. The molecule has 0 unspecified atom stereocenters. The van der Waals surface area contributed by atoms with Gasteiger partial charge in [0.2, 0.25) is 0 Å². The fraction of sp³-hybridized carbons (Fsp3) is 0.286. The Labute approximate surface area is 172 Å². The van der Waals surface area contributed by atoms with E-state index in [2.05, 4.69) is 9.64 Å². The van der Waals surface area contributed by atoms with Gasteiger partial charge in [0, 0.05) is 31.7 Å². The van der Waals surface area contributed by atoms with Crippen LogP contribution in [-0.4, -0.2) is 62.2 Å². The van der Waals surface area contributed by atoms with Gasteiger partial charge in [0.25, 0.3) is 5.91 Å². The highest BCUT2D eigenvalue weighted by Crippen LogP contribution is 2.32. The normalized spacial score (nSPS) is 14.1. The molecule has 2 heterocycles. The molecule has 1 amide bonds. The first-order chi connectivity index (χ1) is 14.1. The second-order valence-electron chi connectivity index (χ2n) is 6.68. The van der Waals surface area contributed by atoms with Crippen molar-refractivity contribution >= 4 is 38.6 Å². The van der Waals surface area contributed by atoms with E-state index in [1.807, 2.05) is 23.1 Å². The summed E-state index contributed by atoms with van der Waals surface area (Å²) in [4.78, 5) is 33.1. The van der Waals surface area contributed by atoms with Crippen LogP contribution in [0.15, 0.2) is 42.5 Å². The molecule has 3 aromatic rings. The van der Waals surface area contributed by atoms with Gasteiger partial charge < -0.3 is 19.3 Å². The molecule has 0 bridgehead atoms. The summed E-state index contributed by atoms with van der Waals surface area (Å²) in [5.74, 6) is 0.377. The van der Waals surface area contributed by atoms with Gasteiger partial charge in [0.15, 0.2) is 5.13 Å². The maximum atomic E-state index is 12.8. The number of piperazine rings is 1. The van der Waals surface area contributed by atoms with E-state index in [1.165, 1.54) is 7.11 Å². The van der Waals surface area contributed by atoms with Gasteiger partial charge in [-0.3, -0.25) is 4.79 Å². The van der Waals surface area contributed by atoms with Crippen LogP contribution in [0.1, 0.15) is 20.7 Å². The Morgan fingerprint density at radius 3 is 2.31 bits per heavy atom. The van der Waals surface area contributed by atoms with Crippen LogP contribution in [0.3, 0.4) is 0 Å². The van der Waals surface area contributed by atoms with Crippen molar-refractivity contribution in [3.63, 3.8) is 0 Å². The Morgan fingerprint density at radius 1 is 0.966 bits per heavy atom. The molecule has 1 saturated heterocycles. The first kappa shape index (κ1) is 19.2. The summed E-state index contributed by atoms with van der Waals surface area (Å²) in [7, 11) is 2.99. The van der Waals surface area contributed by atoms with Crippen LogP contribution in [0.4, 0.5) is 5.13 Å². The predicted octanol–water partition coefficient (Wildman–Crippen LogP) is 3.05. The molecule has 29 heavy (non-hydrogen) atoms. The highest BCUT2D eigenvalue weighted by molar-refractivity contribution is 7.22. The van der Waals surface area contributed by atoms with Crippen molar-refractivity contribution in [2.75, 3.05) is 45.3 Å². The Morgan fingerprint density at radius 2 is 1.66 bits per heavy atom. The maximum absolute atomic E-state index is 12.8. The smallest absolute Gasteiger partial charge is 0.337 e. The highest BCUT2D eigenvalue weighted by atomic mass is 32.1. The summed E-state index contributed by atoms with van der Waals surface area (Å²) in [6.45, 7) is 2.69. The second-order valence-corrected chi connectivity index (χ2v) is 7.69. The SMILES string of the molecule is COC(=O)c1ccc(C(=O)N2CCN(c3nc4ccc(OC)cc4s3)CC2)cc1. The van der Waals surface area contributed by atoms with Gasteiger partial charge in [-0.05, 0) is 42.5 Å². The third kappa shape index (κ3) is 3.88. The maximum Gasteiger partial charge on any atom is 0.337 e. The van der Waals surface area contributed by atoms with E-state index in [-0.39, 0.29) is 5.91 Å². The van der Waals surface area contributed by atoms with Crippen LogP contribution in [0, 0.1) is 0 Å². The van der Waals surface area contributed by atoms with Gasteiger partial charge in [-0.1, -0.05) is 11.3 Å². The molecule has 8 heteroatoms. The number of rotatable bonds is 4. The monoisotopic (exact) mass is 411 g/mol. The number of hydrogen-bond acceptors (Lipinski definition) is 7. The number of thiazole rings is 1. The van der Waals surface area contributed by atoms with E-state index >= 15 is 0 Å². The average Bonchev–Trinajstić information content (AvgIpc) is 3.21. The first-order valence-electron chi connectivity index (χ1n) is 9.26. The molecule has 4 rings (SSSR count). The number of methoxy groups -OCH3 is 2. The molecule has 0 aliphatic carbocycles. The fourth-order valence-corrected chi connectivity index (χ4v) is 4.35. The number of aromatic nitrogens is 1. The Hall–Kier alpha value is -3.13. The summed E-state index contributed by atoms with van der Waals surface area (Å²) in [6, 6.07) is 12.4. The van der Waals surface area contributed by atoms with Crippen molar-refractivity contribution in [1.29, 1.82) is 0 Å². The number of anilines is 1. The van der Waals surface area contributed by atoms with Gasteiger partial charge in [0.05, 0.1) is 30.0 Å². The molecule has 7 nitrogen and oxygen atoms in total. The molecule has 1 aromatic heterocycles. The van der Waals surface area contributed by atoms with Crippen LogP contribution in [0.2, 0.25) is 0 Å². The molecule has 0 atom stereocenters. The van der Waals surface area contributed by atoms with Crippen LogP contribution in [0.5, 0.6) is 5.75 Å². The molecule has 150 valence electrons. The third-order valence-electron chi connectivity index (χ3n) is 4.97. The first-order valence-corrected chi connectivity index (χ1v) is 10.1. The lowest BCUT2D eigenvalue weighted by Gasteiger charge is -2.34. The summed E-state index contributed by atoms with van der Waals surface area (Å²) < 4.78 is 11.1. The summed E-state index contributed by atoms with van der Waals surface area (Å²) in [5, 5.41) is 0.961.